The van der Waals surface area contributed by atoms with Crippen LogP contribution >= 0.6 is 0 Å². The van der Waals surface area contributed by atoms with Crippen LogP contribution in [0, 0.1) is 17.3 Å². The van der Waals surface area contributed by atoms with Crippen LogP contribution in [0.2, 0.25) is 0 Å². The molecular weight excluding hydrogens is 597 g/mol. The van der Waals surface area contributed by atoms with Gasteiger partial charge in [0.25, 0.3) is 0 Å². The lowest BCUT2D eigenvalue weighted by Gasteiger charge is -2.64. The van der Waals surface area contributed by atoms with E-state index in [-0.39, 0.29) is 61.3 Å². The molecule has 1 unspecified atom stereocenters. The van der Waals surface area contributed by atoms with Crippen LogP contribution in [0.5, 0.6) is 0 Å². The number of ether oxygens (including phenoxy) is 2. The van der Waals surface area contributed by atoms with Crippen LogP contribution in [0.25, 0.3) is 0 Å². The summed E-state index contributed by atoms with van der Waals surface area (Å²) in [4.78, 5) is 45.6. The first kappa shape index (κ1) is 32.0. The van der Waals surface area contributed by atoms with Crippen molar-refractivity contribution in [2.75, 3.05) is 26.2 Å². The van der Waals surface area contributed by atoms with Gasteiger partial charge in [-0.1, -0.05) is 74.5 Å². The molecule has 0 spiro atoms. The Morgan fingerprint density at radius 1 is 0.915 bits per heavy atom. The van der Waals surface area contributed by atoms with E-state index >= 15 is 0 Å². The molecule has 47 heavy (non-hydrogen) atoms. The van der Waals surface area contributed by atoms with Gasteiger partial charge in [-0.2, -0.15) is 0 Å². The molecule has 3 amide bonds. The minimum Gasteiger partial charge on any atom is -0.445 e. The normalized spacial score (nSPS) is 30.4. The smallest absolute Gasteiger partial charge is 0.445 e. The lowest BCUT2D eigenvalue weighted by Crippen LogP contribution is -2.65. The van der Waals surface area contributed by atoms with Gasteiger partial charge in [0.15, 0.2) is 0 Å². The number of hydrogen-bond acceptors (Lipinski definition) is 7. The molecule has 250 valence electrons. The fraction of sp³-hybridized carbons (Fsp3) is 0.583. The Morgan fingerprint density at radius 3 is 2.28 bits per heavy atom. The largest absolute Gasteiger partial charge is 0.481 e. The van der Waals surface area contributed by atoms with Crippen molar-refractivity contribution in [1.82, 2.24) is 14.7 Å². The summed E-state index contributed by atoms with van der Waals surface area (Å²) in [5, 5.41) is 0. The van der Waals surface area contributed by atoms with E-state index in [1.807, 2.05) is 65.6 Å². The first-order valence-corrected chi connectivity index (χ1v) is 17.2. The van der Waals surface area contributed by atoms with Gasteiger partial charge in [0, 0.05) is 19.6 Å². The lowest BCUT2D eigenvalue weighted by atomic mass is 9.43. The number of benzene rings is 2. The third kappa shape index (κ3) is 6.12. The molecule has 8 rings (SSSR count). The van der Waals surface area contributed by atoms with Crippen LogP contribution in [0.15, 0.2) is 60.7 Å². The first-order valence-electron chi connectivity index (χ1n) is 17.2. The molecule has 3 saturated carbocycles. The molecule has 3 aliphatic carbocycles. The number of nitrogens with zero attached hydrogens (tertiary/aromatic N) is 3. The molecule has 2 aromatic carbocycles. The van der Waals surface area contributed by atoms with Gasteiger partial charge in [-0.05, 0) is 67.4 Å². The summed E-state index contributed by atoms with van der Waals surface area (Å²) < 4.78 is 24.6. The summed E-state index contributed by atoms with van der Waals surface area (Å²) in [6.07, 6.45) is 3.35. The van der Waals surface area contributed by atoms with Crippen molar-refractivity contribution in [2.24, 2.45) is 17.3 Å². The van der Waals surface area contributed by atoms with Gasteiger partial charge in [0.1, 0.15) is 19.8 Å². The van der Waals surface area contributed by atoms with Crippen molar-refractivity contribution in [1.29, 1.82) is 0 Å². The third-order valence-corrected chi connectivity index (χ3v) is 11.7. The summed E-state index contributed by atoms with van der Waals surface area (Å²) in [7, 11) is -0.480. The number of likely N-dealkylation sites (tertiary alicyclic amines) is 2. The predicted octanol–water partition coefficient (Wildman–Crippen LogP) is 5.29. The lowest BCUT2D eigenvalue weighted by molar-refractivity contribution is -0.199. The van der Waals surface area contributed by atoms with Crippen LogP contribution in [0.3, 0.4) is 0 Å². The van der Waals surface area contributed by atoms with Crippen molar-refractivity contribution in [3.8, 4) is 0 Å². The van der Waals surface area contributed by atoms with Gasteiger partial charge in [-0.25, -0.2) is 9.59 Å². The Bertz CT molecular complexity index is 1460. The van der Waals surface area contributed by atoms with Crippen molar-refractivity contribution in [3.05, 3.63) is 71.8 Å². The van der Waals surface area contributed by atoms with Gasteiger partial charge in [-0.15, -0.1) is 0 Å². The Hall–Kier alpha value is -3.57. The zero-order chi connectivity index (χ0) is 32.8. The Labute approximate surface area is 277 Å². The topological polar surface area (TPSA) is 97.9 Å². The highest BCUT2D eigenvalue weighted by Gasteiger charge is 2.69. The molecule has 3 aliphatic heterocycles. The average Bonchev–Trinajstić information content (AvgIpc) is 3.84. The Morgan fingerprint density at radius 2 is 1.60 bits per heavy atom. The minimum absolute atomic E-state index is 0.0393. The molecule has 6 aliphatic rings. The highest BCUT2D eigenvalue weighted by molar-refractivity contribution is 6.48. The second-order valence-electron chi connectivity index (χ2n) is 14.7. The van der Waals surface area contributed by atoms with Crippen molar-refractivity contribution in [3.63, 3.8) is 0 Å². The summed E-state index contributed by atoms with van der Waals surface area (Å²) in [5.41, 5.74) is 1.64. The van der Waals surface area contributed by atoms with E-state index in [4.69, 9.17) is 18.8 Å². The van der Waals surface area contributed by atoms with Gasteiger partial charge < -0.3 is 28.6 Å². The van der Waals surface area contributed by atoms with Crippen LogP contribution in [-0.2, 0) is 36.8 Å². The van der Waals surface area contributed by atoms with Crippen molar-refractivity contribution >= 4 is 25.2 Å². The molecular formula is C36H46BN3O7. The molecule has 0 radical (unpaired) electrons. The van der Waals surface area contributed by atoms with E-state index < -0.39 is 19.3 Å². The van der Waals surface area contributed by atoms with Crippen LogP contribution in [-0.4, -0.2) is 89.8 Å². The van der Waals surface area contributed by atoms with Crippen LogP contribution < -0.4 is 0 Å². The van der Waals surface area contributed by atoms with E-state index in [9.17, 15) is 14.4 Å². The molecule has 2 aromatic rings. The highest BCUT2D eigenvalue weighted by atomic mass is 16.7. The van der Waals surface area contributed by atoms with E-state index in [1.54, 1.807) is 4.90 Å². The molecule has 6 fully saturated rings. The molecule has 2 bridgehead atoms. The van der Waals surface area contributed by atoms with Crippen molar-refractivity contribution < 1.29 is 33.2 Å². The average molecular weight is 644 g/mol. The zero-order valence-corrected chi connectivity index (χ0v) is 27.7. The maximum atomic E-state index is 14.1. The molecule has 0 aromatic heterocycles. The minimum atomic E-state index is -0.573. The molecule has 10 nitrogen and oxygen atoms in total. The van der Waals surface area contributed by atoms with Gasteiger partial charge in [-0.3, -0.25) is 9.69 Å². The summed E-state index contributed by atoms with van der Waals surface area (Å²) in [5.74, 6) is 0.715. The third-order valence-electron chi connectivity index (χ3n) is 11.7. The predicted molar refractivity (Wildman–Crippen MR) is 175 cm³/mol. The van der Waals surface area contributed by atoms with E-state index in [2.05, 4.69) is 20.8 Å². The summed E-state index contributed by atoms with van der Waals surface area (Å²) in [6.45, 7) is 8.26. The second-order valence-corrected chi connectivity index (χ2v) is 14.7. The van der Waals surface area contributed by atoms with E-state index in [0.29, 0.717) is 31.3 Å². The monoisotopic (exact) mass is 643 g/mol. The fourth-order valence-corrected chi connectivity index (χ4v) is 8.80. The summed E-state index contributed by atoms with van der Waals surface area (Å²) in [6, 6.07) is 18.6. The second kappa shape index (κ2) is 12.8. The number of hydrogen-bond donors (Lipinski definition) is 0. The van der Waals surface area contributed by atoms with E-state index in [1.165, 1.54) is 11.3 Å². The molecule has 0 N–H and O–H groups in total. The molecule has 3 heterocycles. The number of carbonyl (C=O) groups is 3. The zero-order valence-electron chi connectivity index (χ0n) is 27.7. The fourth-order valence-electron chi connectivity index (χ4n) is 8.80. The van der Waals surface area contributed by atoms with Crippen LogP contribution in [0.4, 0.5) is 9.59 Å². The first-order chi connectivity index (χ1) is 22.6. The molecule has 6 atom stereocenters. The Kier molecular flexibility index (Phi) is 8.72. The number of carbonyl (C=O) groups excluding carboxylic acids is 3. The standard InChI is InChI=1S/C36H46BN3O7/c1-35(2)27-19-29(35)36(3)30(20-27)46-37(47-36)31-15-10-17-39(31)32(41)22-40(34(43)45-24-26-13-8-5-9-14-26)28-16-18-38(21-28)33(42)44-23-25-11-6-4-7-12-25/h4-9,11-14,27-31H,10,15-24H2,1-3H3/t27-,28+,29-,30+,31?,36-/m0/s1. The SMILES string of the molecule is CC1(C)[C@@H]2C[C@H]3OB(C4CCCN4C(=O)CN(C(=O)OCc4ccccc4)[C@@H]4CCN(C(=O)OCc5ccccc5)C4)O[C@@]3(C)[C@H]1C2. The molecule has 3 saturated heterocycles. The van der Waals surface area contributed by atoms with Gasteiger partial charge in [0.2, 0.25) is 5.91 Å². The van der Waals surface area contributed by atoms with Gasteiger partial charge in [0.05, 0.1) is 23.7 Å². The van der Waals surface area contributed by atoms with Gasteiger partial charge >= 0.3 is 19.3 Å². The number of rotatable bonds is 8. The Balaban J connectivity index is 1.02. The maximum absolute atomic E-state index is 14.1. The molecule has 11 heteroatoms. The summed E-state index contributed by atoms with van der Waals surface area (Å²) >= 11 is 0. The quantitative estimate of drug-likeness (QED) is 0.361. The maximum Gasteiger partial charge on any atom is 0.481 e. The van der Waals surface area contributed by atoms with Crippen molar-refractivity contribution in [2.45, 2.75) is 89.8 Å². The highest BCUT2D eigenvalue weighted by Crippen LogP contribution is 2.66. The van der Waals surface area contributed by atoms with Crippen LogP contribution in [0.1, 0.15) is 64.0 Å². The number of amides is 3. The van der Waals surface area contributed by atoms with E-state index in [0.717, 1.165) is 30.4 Å².